The van der Waals surface area contributed by atoms with Crippen molar-refractivity contribution in [2.75, 3.05) is 5.32 Å². The first-order valence-corrected chi connectivity index (χ1v) is 6.65. The number of hydrogen-bond donors (Lipinski definition) is 1. The van der Waals surface area contributed by atoms with E-state index in [1.807, 2.05) is 25.3 Å². The molecule has 5 heteroatoms. The molecule has 0 aromatic carbocycles. The SMILES string of the molecule is CCc1nc(Br)cc(NCc2ccncc2C)n1. The first kappa shape index (κ1) is 13.0. The zero-order valence-electron chi connectivity index (χ0n) is 10.4. The minimum absolute atomic E-state index is 0.737. The van der Waals surface area contributed by atoms with Gasteiger partial charge in [0.25, 0.3) is 0 Å². The molecule has 0 radical (unpaired) electrons. The van der Waals surface area contributed by atoms with E-state index in [9.17, 15) is 0 Å². The van der Waals surface area contributed by atoms with Crippen LogP contribution in [-0.2, 0) is 13.0 Å². The molecule has 2 rings (SSSR count). The average molecular weight is 307 g/mol. The molecule has 0 aliphatic carbocycles. The maximum atomic E-state index is 4.43. The van der Waals surface area contributed by atoms with E-state index in [2.05, 4.69) is 43.1 Å². The molecule has 1 N–H and O–H groups in total. The van der Waals surface area contributed by atoms with E-state index in [4.69, 9.17) is 0 Å². The van der Waals surface area contributed by atoms with Gasteiger partial charge in [-0.15, -0.1) is 0 Å². The molecule has 0 unspecified atom stereocenters. The fraction of sp³-hybridized carbons (Fsp3) is 0.308. The third kappa shape index (κ3) is 3.26. The van der Waals surface area contributed by atoms with Crippen LogP contribution in [0.15, 0.2) is 29.1 Å². The van der Waals surface area contributed by atoms with Crippen molar-refractivity contribution in [3.63, 3.8) is 0 Å². The number of aryl methyl sites for hydroxylation is 2. The van der Waals surface area contributed by atoms with Gasteiger partial charge in [-0.1, -0.05) is 6.92 Å². The molecule has 2 heterocycles. The van der Waals surface area contributed by atoms with E-state index in [-0.39, 0.29) is 0 Å². The Morgan fingerprint density at radius 3 is 2.89 bits per heavy atom. The predicted molar refractivity (Wildman–Crippen MR) is 75.4 cm³/mol. The second-order valence-corrected chi connectivity index (χ2v) is 4.81. The lowest BCUT2D eigenvalue weighted by Crippen LogP contribution is -2.05. The van der Waals surface area contributed by atoms with Crippen LogP contribution in [0.25, 0.3) is 0 Å². The highest BCUT2D eigenvalue weighted by molar-refractivity contribution is 9.10. The first-order valence-electron chi connectivity index (χ1n) is 5.86. The molecule has 0 fully saturated rings. The molecule has 18 heavy (non-hydrogen) atoms. The minimum Gasteiger partial charge on any atom is -0.366 e. The van der Waals surface area contributed by atoms with Crippen LogP contribution in [0.1, 0.15) is 23.9 Å². The van der Waals surface area contributed by atoms with Gasteiger partial charge < -0.3 is 5.32 Å². The molecule has 0 amide bonds. The Balaban J connectivity index is 2.11. The molecular formula is C13H15BrN4. The van der Waals surface area contributed by atoms with Crippen LogP contribution in [0.4, 0.5) is 5.82 Å². The molecule has 0 spiro atoms. The predicted octanol–water partition coefficient (Wildman–Crippen LogP) is 3.12. The van der Waals surface area contributed by atoms with Crippen LogP contribution in [-0.4, -0.2) is 15.0 Å². The number of nitrogens with zero attached hydrogens (tertiary/aromatic N) is 3. The van der Waals surface area contributed by atoms with Crippen molar-refractivity contribution >= 4 is 21.7 Å². The summed E-state index contributed by atoms with van der Waals surface area (Å²) in [7, 11) is 0. The Kier molecular flexibility index (Phi) is 4.25. The standard InChI is InChI=1S/C13H15BrN4/c1-3-12-17-11(14)6-13(18-12)16-8-10-4-5-15-7-9(10)2/h4-7H,3,8H2,1-2H3,(H,16,17,18). The number of hydrogen-bond acceptors (Lipinski definition) is 4. The normalized spacial score (nSPS) is 10.4. The lowest BCUT2D eigenvalue weighted by Gasteiger charge is -2.09. The zero-order chi connectivity index (χ0) is 13.0. The molecule has 0 aliphatic heterocycles. The van der Waals surface area contributed by atoms with E-state index in [1.54, 1.807) is 6.20 Å². The summed E-state index contributed by atoms with van der Waals surface area (Å²) in [4.78, 5) is 12.8. The molecule has 0 bridgehead atoms. The maximum Gasteiger partial charge on any atom is 0.131 e. The second-order valence-electron chi connectivity index (χ2n) is 4.00. The zero-order valence-corrected chi connectivity index (χ0v) is 12.0. The fourth-order valence-corrected chi connectivity index (χ4v) is 2.02. The van der Waals surface area contributed by atoms with Crippen LogP contribution >= 0.6 is 15.9 Å². The fourth-order valence-electron chi connectivity index (χ4n) is 1.60. The topological polar surface area (TPSA) is 50.7 Å². The van der Waals surface area contributed by atoms with Gasteiger partial charge in [0.05, 0.1) is 0 Å². The highest BCUT2D eigenvalue weighted by atomic mass is 79.9. The number of pyridine rings is 1. The summed E-state index contributed by atoms with van der Waals surface area (Å²) in [5.74, 6) is 1.67. The van der Waals surface area contributed by atoms with E-state index < -0.39 is 0 Å². The number of rotatable bonds is 4. The molecule has 2 aromatic heterocycles. The monoisotopic (exact) mass is 306 g/mol. The summed E-state index contributed by atoms with van der Waals surface area (Å²) in [5.41, 5.74) is 2.40. The summed E-state index contributed by atoms with van der Waals surface area (Å²) in [6, 6.07) is 3.90. The van der Waals surface area contributed by atoms with Gasteiger partial charge in [-0.3, -0.25) is 4.98 Å². The van der Waals surface area contributed by atoms with E-state index in [1.165, 1.54) is 11.1 Å². The Hall–Kier alpha value is -1.49. The molecule has 0 aliphatic rings. The van der Waals surface area contributed by atoms with Crippen molar-refractivity contribution in [3.8, 4) is 0 Å². The van der Waals surface area contributed by atoms with Crippen molar-refractivity contribution in [1.82, 2.24) is 15.0 Å². The summed E-state index contributed by atoms with van der Waals surface area (Å²) in [5, 5.41) is 3.31. The molecule has 94 valence electrons. The van der Waals surface area contributed by atoms with Crippen LogP contribution in [0.5, 0.6) is 0 Å². The smallest absolute Gasteiger partial charge is 0.131 e. The van der Waals surface area contributed by atoms with Crippen LogP contribution in [0.2, 0.25) is 0 Å². The van der Waals surface area contributed by atoms with E-state index in [0.29, 0.717) is 0 Å². The first-order chi connectivity index (χ1) is 8.69. The van der Waals surface area contributed by atoms with Crippen LogP contribution in [0.3, 0.4) is 0 Å². The summed E-state index contributed by atoms with van der Waals surface area (Å²) >= 11 is 3.39. The Morgan fingerprint density at radius 2 is 2.17 bits per heavy atom. The van der Waals surface area contributed by atoms with E-state index >= 15 is 0 Å². The van der Waals surface area contributed by atoms with Crippen LogP contribution in [0, 0.1) is 6.92 Å². The van der Waals surface area contributed by atoms with Gasteiger partial charge in [0.1, 0.15) is 16.2 Å². The van der Waals surface area contributed by atoms with Crippen molar-refractivity contribution in [2.24, 2.45) is 0 Å². The molecular weight excluding hydrogens is 292 g/mol. The third-order valence-electron chi connectivity index (χ3n) is 2.65. The Labute approximate surface area is 115 Å². The Morgan fingerprint density at radius 1 is 1.33 bits per heavy atom. The third-order valence-corrected chi connectivity index (χ3v) is 3.06. The number of anilines is 1. The number of aromatic nitrogens is 3. The van der Waals surface area contributed by atoms with Crippen molar-refractivity contribution < 1.29 is 0 Å². The largest absolute Gasteiger partial charge is 0.366 e. The van der Waals surface area contributed by atoms with Gasteiger partial charge in [-0.25, -0.2) is 9.97 Å². The molecule has 0 atom stereocenters. The number of halogens is 1. The van der Waals surface area contributed by atoms with Crippen LogP contribution < -0.4 is 5.32 Å². The van der Waals surface area contributed by atoms with Gasteiger partial charge in [0.15, 0.2) is 0 Å². The lowest BCUT2D eigenvalue weighted by atomic mass is 10.1. The van der Waals surface area contributed by atoms with Crippen molar-refractivity contribution in [1.29, 1.82) is 0 Å². The summed E-state index contributed by atoms with van der Waals surface area (Å²) in [6.07, 6.45) is 4.49. The summed E-state index contributed by atoms with van der Waals surface area (Å²) < 4.78 is 0.809. The molecule has 2 aromatic rings. The van der Waals surface area contributed by atoms with Gasteiger partial charge in [-0.2, -0.15) is 0 Å². The lowest BCUT2D eigenvalue weighted by molar-refractivity contribution is 0.920. The molecule has 0 saturated heterocycles. The Bertz CT molecular complexity index is 542. The van der Waals surface area contributed by atoms with Gasteiger partial charge in [-0.05, 0) is 40.0 Å². The van der Waals surface area contributed by atoms with Gasteiger partial charge in [0, 0.05) is 31.4 Å². The second kappa shape index (κ2) is 5.91. The average Bonchev–Trinajstić information content (AvgIpc) is 2.37. The molecule has 4 nitrogen and oxygen atoms in total. The van der Waals surface area contributed by atoms with E-state index in [0.717, 1.165) is 29.2 Å². The molecule has 0 saturated carbocycles. The van der Waals surface area contributed by atoms with Crippen molar-refractivity contribution in [3.05, 3.63) is 46.1 Å². The highest BCUT2D eigenvalue weighted by Crippen LogP contribution is 2.14. The van der Waals surface area contributed by atoms with Gasteiger partial charge >= 0.3 is 0 Å². The highest BCUT2D eigenvalue weighted by Gasteiger charge is 2.02. The quantitative estimate of drug-likeness (QED) is 0.882. The van der Waals surface area contributed by atoms with Crippen molar-refractivity contribution in [2.45, 2.75) is 26.8 Å². The van der Waals surface area contributed by atoms with Gasteiger partial charge in [0.2, 0.25) is 0 Å². The maximum absolute atomic E-state index is 4.43. The summed E-state index contributed by atoms with van der Waals surface area (Å²) in [6.45, 7) is 4.83. The number of nitrogens with one attached hydrogen (secondary N) is 1. The minimum atomic E-state index is 0.737.